The minimum absolute atomic E-state index is 0.0313. The molecular weight excluding hydrogens is 411 g/mol. The van der Waals surface area contributed by atoms with Gasteiger partial charge in [-0.2, -0.15) is 0 Å². The average Bonchev–Trinajstić information content (AvgIpc) is 2.83. The number of halogens is 3. The molecule has 8 heteroatoms. The summed E-state index contributed by atoms with van der Waals surface area (Å²) in [6.07, 6.45) is 0. The maximum Gasteiger partial charge on any atom is 0.283 e. The lowest BCUT2D eigenvalue weighted by Gasteiger charge is -2.19. The SMILES string of the molecule is COc1cc(Cl)c(C)cc1N1C(=O)C(Cl)=C(Nc2ccc(C)c(Cl)c2)C1=O. The van der Waals surface area contributed by atoms with Gasteiger partial charge < -0.3 is 10.1 Å². The number of ether oxygens (including phenoxy) is 1. The van der Waals surface area contributed by atoms with Gasteiger partial charge in [-0.25, -0.2) is 4.90 Å². The largest absolute Gasteiger partial charge is 0.494 e. The Balaban J connectivity index is 1.99. The monoisotopic (exact) mass is 424 g/mol. The molecule has 1 aliphatic heterocycles. The number of methoxy groups -OCH3 is 1. The second-order valence-corrected chi connectivity index (χ2v) is 7.19. The van der Waals surface area contributed by atoms with Crippen LogP contribution in [0.15, 0.2) is 41.1 Å². The summed E-state index contributed by atoms with van der Waals surface area (Å²) in [5, 5.41) is 3.66. The van der Waals surface area contributed by atoms with Crippen molar-refractivity contribution in [1.29, 1.82) is 0 Å². The number of carbonyl (C=O) groups is 2. The van der Waals surface area contributed by atoms with E-state index in [1.807, 2.05) is 6.92 Å². The van der Waals surface area contributed by atoms with E-state index < -0.39 is 11.8 Å². The Bertz CT molecular complexity index is 1000. The number of imide groups is 1. The van der Waals surface area contributed by atoms with Crippen molar-refractivity contribution in [2.45, 2.75) is 13.8 Å². The summed E-state index contributed by atoms with van der Waals surface area (Å²) in [5.41, 5.74) is 2.36. The lowest BCUT2D eigenvalue weighted by atomic mass is 10.2. The maximum atomic E-state index is 12.9. The first-order chi connectivity index (χ1) is 12.7. The van der Waals surface area contributed by atoms with E-state index in [0.29, 0.717) is 21.3 Å². The van der Waals surface area contributed by atoms with Gasteiger partial charge in [0.2, 0.25) is 0 Å². The highest BCUT2D eigenvalue weighted by molar-refractivity contribution is 6.53. The van der Waals surface area contributed by atoms with Crippen LogP contribution >= 0.6 is 34.8 Å². The Morgan fingerprint density at radius 1 is 0.926 bits per heavy atom. The second-order valence-electron chi connectivity index (χ2n) is 6.00. The Labute approximate surface area is 171 Å². The number of aryl methyl sites for hydroxylation is 2. The van der Waals surface area contributed by atoms with E-state index in [1.54, 1.807) is 37.3 Å². The fourth-order valence-electron chi connectivity index (χ4n) is 2.63. The van der Waals surface area contributed by atoms with Crippen LogP contribution in [0.3, 0.4) is 0 Å². The van der Waals surface area contributed by atoms with Crippen molar-refractivity contribution in [1.82, 2.24) is 0 Å². The van der Waals surface area contributed by atoms with Gasteiger partial charge in [-0.1, -0.05) is 40.9 Å². The third kappa shape index (κ3) is 3.50. The molecule has 0 radical (unpaired) electrons. The van der Waals surface area contributed by atoms with Gasteiger partial charge in [0.25, 0.3) is 11.8 Å². The number of benzene rings is 2. The van der Waals surface area contributed by atoms with Crippen LogP contribution in [-0.4, -0.2) is 18.9 Å². The Morgan fingerprint density at radius 3 is 2.22 bits per heavy atom. The number of nitrogens with zero attached hydrogens (tertiary/aromatic N) is 1. The van der Waals surface area contributed by atoms with E-state index in [1.165, 1.54) is 7.11 Å². The van der Waals surface area contributed by atoms with Crippen LogP contribution in [0.2, 0.25) is 10.0 Å². The van der Waals surface area contributed by atoms with Crippen molar-refractivity contribution in [2.75, 3.05) is 17.3 Å². The van der Waals surface area contributed by atoms with Gasteiger partial charge in [0.15, 0.2) is 0 Å². The van der Waals surface area contributed by atoms with Crippen LogP contribution in [0.25, 0.3) is 0 Å². The zero-order valence-electron chi connectivity index (χ0n) is 14.7. The molecule has 2 aromatic rings. The van der Waals surface area contributed by atoms with Gasteiger partial charge in [0.1, 0.15) is 16.5 Å². The van der Waals surface area contributed by atoms with E-state index in [0.717, 1.165) is 10.5 Å². The molecule has 1 N–H and O–H groups in total. The van der Waals surface area contributed by atoms with Crippen molar-refractivity contribution in [3.63, 3.8) is 0 Å². The van der Waals surface area contributed by atoms with Crippen LogP contribution in [-0.2, 0) is 9.59 Å². The number of carbonyl (C=O) groups excluding carboxylic acids is 2. The van der Waals surface area contributed by atoms with Crippen molar-refractivity contribution in [3.05, 3.63) is 62.2 Å². The topological polar surface area (TPSA) is 58.6 Å². The van der Waals surface area contributed by atoms with Crippen LogP contribution in [0.4, 0.5) is 11.4 Å². The first kappa shape index (κ1) is 19.5. The molecule has 0 saturated heterocycles. The molecule has 0 aromatic heterocycles. The van der Waals surface area contributed by atoms with Gasteiger partial charge in [-0.05, 0) is 43.2 Å². The Morgan fingerprint density at radius 2 is 1.59 bits per heavy atom. The van der Waals surface area contributed by atoms with Crippen LogP contribution in [0.5, 0.6) is 5.75 Å². The van der Waals surface area contributed by atoms with Gasteiger partial charge in [0, 0.05) is 21.8 Å². The van der Waals surface area contributed by atoms with Crippen molar-refractivity contribution >= 4 is 58.0 Å². The Kier molecular flexibility index (Phi) is 5.38. The molecule has 2 amide bonds. The van der Waals surface area contributed by atoms with Crippen molar-refractivity contribution in [2.24, 2.45) is 0 Å². The van der Waals surface area contributed by atoms with Gasteiger partial charge in [-0.15, -0.1) is 0 Å². The predicted molar refractivity (Wildman–Crippen MR) is 108 cm³/mol. The highest BCUT2D eigenvalue weighted by Gasteiger charge is 2.40. The third-order valence-corrected chi connectivity index (χ3v) is 5.33. The van der Waals surface area contributed by atoms with Gasteiger partial charge in [-0.3, -0.25) is 9.59 Å². The molecule has 0 aliphatic carbocycles. The fourth-order valence-corrected chi connectivity index (χ4v) is 3.18. The fraction of sp³-hybridized carbons (Fsp3) is 0.158. The number of hydrogen-bond acceptors (Lipinski definition) is 4. The lowest BCUT2D eigenvalue weighted by Crippen LogP contribution is -2.32. The zero-order chi connectivity index (χ0) is 19.9. The highest BCUT2D eigenvalue weighted by Crippen LogP contribution is 2.38. The molecule has 140 valence electrons. The molecule has 27 heavy (non-hydrogen) atoms. The number of nitrogens with one attached hydrogen (secondary N) is 1. The van der Waals surface area contributed by atoms with Crippen LogP contribution < -0.4 is 15.0 Å². The molecule has 0 unspecified atom stereocenters. The average molecular weight is 426 g/mol. The molecule has 0 fully saturated rings. The Hall–Kier alpha value is -2.21. The molecular formula is C19H15Cl3N2O3. The number of hydrogen-bond donors (Lipinski definition) is 1. The first-order valence-electron chi connectivity index (χ1n) is 7.90. The van der Waals surface area contributed by atoms with E-state index in [9.17, 15) is 9.59 Å². The molecule has 5 nitrogen and oxygen atoms in total. The summed E-state index contributed by atoms with van der Waals surface area (Å²) in [5.74, 6) is -0.958. The van der Waals surface area contributed by atoms with E-state index >= 15 is 0 Å². The van der Waals surface area contributed by atoms with Crippen molar-refractivity contribution < 1.29 is 14.3 Å². The van der Waals surface area contributed by atoms with Gasteiger partial charge in [0.05, 0.1) is 12.8 Å². The number of anilines is 2. The summed E-state index contributed by atoms with van der Waals surface area (Å²) in [7, 11) is 1.43. The molecule has 0 bridgehead atoms. The molecule has 0 spiro atoms. The molecule has 2 aromatic carbocycles. The molecule has 3 rings (SSSR count). The molecule has 1 heterocycles. The third-order valence-electron chi connectivity index (χ3n) is 4.17. The summed E-state index contributed by atoms with van der Waals surface area (Å²) in [4.78, 5) is 26.5. The molecule has 0 atom stereocenters. The first-order valence-corrected chi connectivity index (χ1v) is 9.04. The minimum Gasteiger partial charge on any atom is -0.494 e. The maximum absolute atomic E-state index is 12.9. The minimum atomic E-state index is -0.651. The van der Waals surface area contributed by atoms with Gasteiger partial charge >= 0.3 is 0 Å². The van der Waals surface area contributed by atoms with Crippen LogP contribution in [0, 0.1) is 13.8 Å². The quantitative estimate of drug-likeness (QED) is 0.696. The number of amides is 2. The summed E-state index contributed by atoms with van der Waals surface area (Å²) in [6.45, 7) is 3.62. The highest BCUT2D eigenvalue weighted by atomic mass is 35.5. The lowest BCUT2D eigenvalue weighted by molar-refractivity contribution is -0.120. The summed E-state index contributed by atoms with van der Waals surface area (Å²) in [6, 6.07) is 8.34. The molecule has 0 saturated carbocycles. The van der Waals surface area contributed by atoms with E-state index in [4.69, 9.17) is 39.5 Å². The van der Waals surface area contributed by atoms with E-state index in [-0.39, 0.29) is 22.2 Å². The summed E-state index contributed by atoms with van der Waals surface area (Å²) < 4.78 is 5.28. The smallest absolute Gasteiger partial charge is 0.283 e. The normalized spacial score (nSPS) is 14.2. The van der Waals surface area contributed by atoms with E-state index in [2.05, 4.69) is 5.32 Å². The number of rotatable bonds is 4. The predicted octanol–water partition coefficient (Wildman–Crippen LogP) is 5.05. The zero-order valence-corrected chi connectivity index (χ0v) is 17.0. The second kappa shape index (κ2) is 7.43. The molecule has 1 aliphatic rings. The summed E-state index contributed by atoms with van der Waals surface area (Å²) >= 11 is 18.4. The standard InChI is InChI=1S/C19H15Cl3N2O3/c1-9-4-5-11(7-12(9)20)23-17-16(22)18(25)24(19(17)26)14-6-10(2)13(21)8-15(14)27-3/h4-8,23H,1-3H3. The van der Waals surface area contributed by atoms with Crippen LogP contribution in [0.1, 0.15) is 11.1 Å². The van der Waals surface area contributed by atoms with Crippen molar-refractivity contribution in [3.8, 4) is 5.75 Å².